The summed E-state index contributed by atoms with van der Waals surface area (Å²) in [6.45, 7) is 1.78. The molecule has 3 heteroatoms. The fraction of sp³-hybridized carbons (Fsp3) is 0.556. The van der Waals surface area contributed by atoms with E-state index in [0.717, 1.165) is 18.0 Å². The van der Waals surface area contributed by atoms with Crippen LogP contribution in [0.4, 0.5) is 0 Å². The van der Waals surface area contributed by atoms with Crippen molar-refractivity contribution in [3.8, 4) is 0 Å². The van der Waals surface area contributed by atoms with E-state index in [1.807, 2.05) is 12.2 Å². The fourth-order valence-corrected chi connectivity index (χ4v) is 1.32. The summed E-state index contributed by atoms with van der Waals surface area (Å²) in [4.78, 5) is 0. The van der Waals surface area contributed by atoms with Crippen LogP contribution in [0.2, 0.25) is 0 Å². The van der Waals surface area contributed by atoms with E-state index in [9.17, 15) is 0 Å². The SMILES string of the molecule is OCCNCC1C=CC(Cl)=CC1. The lowest BCUT2D eigenvalue weighted by Crippen LogP contribution is -2.24. The van der Waals surface area contributed by atoms with Crippen LogP contribution >= 0.6 is 11.6 Å². The highest BCUT2D eigenvalue weighted by Gasteiger charge is 2.06. The molecule has 1 atom stereocenters. The maximum absolute atomic E-state index is 8.52. The van der Waals surface area contributed by atoms with Crippen molar-refractivity contribution in [1.29, 1.82) is 0 Å². The Morgan fingerprint density at radius 2 is 2.50 bits per heavy atom. The Labute approximate surface area is 77.9 Å². The standard InChI is InChI=1S/C9H14ClNO/c10-9-3-1-8(2-4-9)7-11-5-6-12/h1,3-4,8,11-12H,2,5-7H2. The van der Waals surface area contributed by atoms with Gasteiger partial charge in [0.2, 0.25) is 0 Å². The van der Waals surface area contributed by atoms with Crippen molar-refractivity contribution in [3.05, 3.63) is 23.3 Å². The molecule has 0 aromatic heterocycles. The molecule has 0 saturated carbocycles. The fourth-order valence-electron chi connectivity index (χ4n) is 1.16. The molecule has 1 unspecified atom stereocenters. The van der Waals surface area contributed by atoms with Crippen molar-refractivity contribution in [3.63, 3.8) is 0 Å². The van der Waals surface area contributed by atoms with Crippen LogP contribution in [0, 0.1) is 5.92 Å². The summed E-state index contributed by atoms with van der Waals surface area (Å²) < 4.78 is 0. The van der Waals surface area contributed by atoms with Crippen LogP contribution < -0.4 is 5.32 Å². The first-order chi connectivity index (χ1) is 5.83. The summed E-state index contributed by atoms with van der Waals surface area (Å²) in [5.74, 6) is 0.527. The van der Waals surface area contributed by atoms with Gasteiger partial charge < -0.3 is 10.4 Å². The van der Waals surface area contributed by atoms with E-state index in [1.165, 1.54) is 0 Å². The first-order valence-corrected chi connectivity index (χ1v) is 4.56. The number of aliphatic hydroxyl groups excluding tert-OH is 1. The van der Waals surface area contributed by atoms with Crippen LogP contribution in [0.25, 0.3) is 0 Å². The lowest BCUT2D eigenvalue weighted by Gasteiger charge is -2.14. The summed E-state index contributed by atoms with van der Waals surface area (Å²) >= 11 is 5.76. The Hall–Kier alpha value is -0.310. The number of aliphatic hydroxyl groups is 1. The monoisotopic (exact) mass is 187 g/mol. The van der Waals surface area contributed by atoms with Gasteiger partial charge in [-0.3, -0.25) is 0 Å². The molecule has 2 N–H and O–H groups in total. The zero-order valence-electron chi connectivity index (χ0n) is 6.96. The van der Waals surface area contributed by atoms with Gasteiger partial charge in [-0.25, -0.2) is 0 Å². The molecule has 0 bridgehead atoms. The molecule has 1 aliphatic rings. The lowest BCUT2D eigenvalue weighted by molar-refractivity contribution is 0.290. The third kappa shape index (κ3) is 3.39. The number of hydrogen-bond acceptors (Lipinski definition) is 2. The van der Waals surface area contributed by atoms with E-state index in [-0.39, 0.29) is 6.61 Å². The highest BCUT2D eigenvalue weighted by molar-refractivity contribution is 6.31. The zero-order valence-corrected chi connectivity index (χ0v) is 7.72. The van der Waals surface area contributed by atoms with E-state index in [2.05, 4.69) is 11.4 Å². The molecule has 0 spiro atoms. The molecule has 0 amide bonds. The highest BCUT2D eigenvalue weighted by Crippen LogP contribution is 2.17. The molecular formula is C9H14ClNO. The number of halogens is 1. The molecule has 0 aliphatic heterocycles. The Kier molecular flexibility index (Phi) is 4.36. The summed E-state index contributed by atoms with van der Waals surface area (Å²) in [6, 6.07) is 0. The van der Waals surface area contributed by atoms with Crippen LogP contribution in [0.1, 0.15) is 6.42 Å². The van der Waals surface area contributed by atoms with Crippen molar-refractivity contribution in [2.45, 2.75) is 6.42 Å². The molecule has 0 radical (unpaired) electrons. The molecule has 0 saturated heterocycles. The average molecular weight is 188 g/mol. The summed E-state index contributed by atoms with van der Waals surface area (Å²) in [6.07, 6.45) is 7.05. The molecular weight excluding hydrogens is 174 g/mol. The minimum Gasteiger partial charge on any atom is -0.395 e. The van der Waals surface area contributed by atoms with Crippen molar-refractivity contribution in [2.75, 3.05) is 19.7 Å². The minimum atomic E-state index is 0.201. The molecule has 0 aromatic rings. The summed E-state index contributed by atoms with van der Waals surface area (Å²) in [5, 5.41) is 12.5. The minimum absolute atomic E-state index is 0.201. The van der Waals surface area contributed by atoms with Crippen molar-refractivity contribution in [1.82, 2.24) is 5.32 Å². The third-order valence-corrected chi connectivity index (χ3v) is 2.12. The predicted octanol–water partition coefficient (Wildman–Crippen LogP) is 1.27. The second kappa shape index (κ2) is 5.36. The van der Waals surface area contributed by atoms with Gasteiger partial charge in [-0.2, -0.15) is 0 Å². The maximum atomic E-state index is 8.52. The Morgan fingerprint density at radius 1 is 1.67 bits per heavy atom. The molecule has 0 fully saturated rings. The predicted molar refractivity (Wildman–Crippen MR) is 51.1 cm³/mol. The van der Waals surface area contributed by atoms with Crippen molar-refractivity contribution < 1.29 is 5.11 Å². The second-order valence-electron chi connectivity index (χ2n) is 2.87. The van der Waals surface area contributed by atoms with Gasteiger partial charge in [-0.1, -0.05) is 23.8 Å². The number of nitrogens with one attached hydrogen (secondary N) is 1. The Bertz CT molecular complexity index is 189. The number of allylic oxidation sites excluding steroid dienone is 3. The normalized spacial score (nSPS) is 22.5. The van der Waals surface area contributed by atoms with E-state index in [0.29, 0.717) is 12.5 Å². The quantitative estimate of drug-likeness (QED) is 0.650. The Morgan fingerprint density at radius 3 is 3.08 bits per heavy atom. The van der Waals surface area contributed by atoms with Gasteiger partial charge in [0.15, 0.2) is 0 Å². The van der Waals surface area contributed by atoms with Crippen LogP contribution in [0.3, 0.4) is 0 Å². The first-order valence-electron chi connectivity index (χ1n) is 4.18. The first kappa shape index (κ1) is 9.78. The molecule has 2 nitrogen and oxygen atoms in total. The van der Waals surface area contributed by atoms with Crippen LogP contribution in [-0.4, -0.2) is 24.8 Å². The zero-order chi connectivity index (χ0) is 8.81. The summed E-state index contributed by atoms with van der Waals surface area (Å²) in [5.41, 5.74) is 0. The third-order valence-electron chi connectivity index (χ3n) is 1.84. The van der Waals surface area contributed by atoms with Crippen LogP contribution in [0.5, 0.6) is 0 Å². The van der Waals surface area contributed by atoms with E-state index >= 15 is 0 Å². The molecule has 12 heavy (non-hydrogen) atoms. The van der Waals surface area contributed by atoms with Crippen LogP contribution in [-0.2, 0) is 0 Å². The smallest absolute Gasteiger partial charge is 0.0555 e. The van der Waals surface area contributed by atoms with Gasteiger partial charge in [-0.05, 0) is 18.4 Å². The maximum Gasteiger partial charge on any atom is 0.0555 e. The topological polar surface area (TPSA) is 32.3 Å². The van der Waals surface area contributed by atoms with Gasteiger partial charge >= 0.3 is 0 Å². The van der Waals surface area contributed by atoms with E-state index in [1.54, 1.807) is 0 Å². The summed E-state index contributed by atoms with van der Waals surface area (Å²) in [7, 11) is 0. The average Bonchev–Trinajstić information content (AvgIpc) is 2.09. The van der Waals surface area contributed by atoms with Gasteiger partial charge in [0.25, 0.3) is 0 Å². The van der Waals surface area contributed by atoms with E-state index in [4.69, 9.17) is 16.7 Å². The van der Waals surface area contributed by atoms with Gasteiger partial charge in [-0.15, -0.1) is 0 Å². The van der Waals surface area contributed by atoms with Crippen molar-refractivity contribution in [2.24, 2.45) is 5.92 Å². The van der Waals surface area contributed by atoms with Crippen molar-refractivity contribution >= 4 is 11.6 Å². The Balaban J connectivity index is 2.16. The van der Waals surface area contributed by atoms with Gasteiger partial charge in [0.1, 0.15) is 0 Å². The van der Waals surface area contributed by atoms with Gasteiger partial charge in [0.05, 0.1) is 6.61 Å². The lowest BCUT2D eigenvalue weighted by atomic mass is 10.0. The van der Waals surface area contributed by atoms with Crippen LogP contribution in [0.15, 0.2) is 23.3 Å². The van der Waals surface area contributed by atoms with E-state index < -0.39 is 0 Å². The largest absolute Gasteiger partial charge is 0.395 e. The number of hydrogen-bond donors (Lipinski definition) is 2. The molecule has 68 valence electrons. The number of rotatable bonds is 4. The molecule has 0 heterocycles. The molecule has 1 aliphatic carbocycles. The molecule has 0 aromatic carbocycles. The second-order valence-corrected chi connectivity index (χ2v) is 3.31. The van der Waals surface area contributed by atoms with Gasteiger partial charge in [0, 0.05) is 18.1 Å². The molecule has 1 rings (SSSR count). The highest BCUT2D eigenvalue weighted by atomic mass is 35.5.